The zero-order valence-corrected chi connectivity index (χ0v) is 20.5. The standard InChI is InChI=1S/C24H29N3O6S/c1-5-26(6-2)34(31,32)21-14-18(11-8-16(21)4)25-20-15-22(28)27(23(20)29)19-12-9-17(10-13-19)24(30)33-7-3/h8-14,20,25H,5-7,15H2,1-4H3/t20-/m0/s1. The Hall–Kier alpha value is -3.24. The van der Waals surface area contributed by atoms with Crippen LogP contribution in [0.3, 0.4) is 0 Å². The number of imide groups is 1. The molecule has 0 radical (unpaired) electrons. The third-order valence-electron chi connectivity index (χ3n) is 5.64. The molecule has 0 spiro atoms. The fourth-order valence-electron chi connectivity index (χ4n) is 3.85. The molecule has 182 valence electrons. The van der Waals surface area contributed by atoms with Crippen molar-refractivity contribution in [1.82, 2.24) is 4.31 Å². The van der Waals surface area contributed by atoms with Crippen molar-refractivity contribution < 1.29 is 27.5 Å². The molecule has 2 aromatic carbocycles. The Kier molecular flexibility index (Phi) is 7.73. The van der Waals surface area contributed by atoms with Gasteiger partial charge in [-0.25, -0.2) is 18.1 Å². The Balaban J connectivity index is 1.81. The summed E-state index contributed by atoms with van der Waals surface area (Å²) in [5, 5.41) is 3.01. The summed E-state index contributed by atoms with van der Waals surface area (Å²) in [6.45, 7) is 7.90. The van der Waals surface area contributed by atoms with E-state index in [1.54, 1.807) is 39.8 Å². The van der Waals surface area contributed by atoms with Crippen molar-refractivity contribution in [1.29, 1.82) is 0 Å². The number of hydrogen-bond acceptors (Lipinski definition) is 7. The second kappa shape index (κ2) is 10.4. The SMILES string of the molecule is CCOC(=O)c1ccc(N2C(=O)C[C@H](Nc3ccc(C)c(S(=O)(=O)N(CC)CC)c3)C2=O)cc1. The quantitative estimate of drug-likeness (QED) is 0.427. The number of aryl methyl sites for hydroxylation is 1. The summed E-state index contributed by atoms with van der Waals surface area (Å²) in [7, 11) is -3.69. The molecule has 9 nitrogen and oxygen atoms in total. The molecule has 1 saturated heterocycles. The number of rotatable bonds is 9. The molecule has 1 N–H and O–H groups in total. The lowest BCUT2D eigenvalue weighted by Crippen LogP contribution is -2.35. The summed E-state index contributed by atoms with van der Waals surface area (Å²) in [6, 6.07) is 10.0. The maximum absolute atomic E-state index is 13.0. The number of nitrogens with one attached hydrogen (secondary N) is 1. The van der Waals surface area contributed by atoms with Crippen LogP contribution in [0, 0.1) is 6.92 Å². The fraction of sp³-hybridized carbons (Fsp3) is 0.375. The predicted octanol–water partition coefficient (Wildman–Crippen LogP) is 2.95. The third-order valence-corrected chi connectivity index (χ3v) is 7.83. The Morgan fingerprint density at radius 1 is 1.09 bits per heavy atom. The zero-order chi connectivity index (χ0) is 25.0. The van der Waals surface area contributed by atoms with Gasteiger partial charge in [0.1, 0.15) is 6.04 Å². The Morgan fingerprint density at radius 2 is 1.74 bits per heavy atom. The van der Waals surface area contributed by atoms with Crippen LogP contribution in [-0.4, -0.2) is 56.2 Å². The first kappa shape index (κ1) is 25.4. The van der Waals surface area contributed by atoms with Crippen LogP contribution in [0.4, 0.5) is 11.4 Å². The minimum absolute atomic E-state index is 0.0789. The van der Waals surface area contributed by atoms with Crippen LogP contribution in [0.2, 0.25) is 0 Å². The number of ether oxygens (including phenoxy) is 1. The fourth-order valence-corrected chi connectivity index (χ4v) is 5.56. The van der Waals surface area contributed by atoms with Crippen LogP contribution in [0.5, 0.6) is 0 Å². The summed E-state index contributed by atoms with van der Waals surface area (Å²) >= 11 is 0. The Bertz CT molecular complexity index is 1190. The van der Waals surface area contributed by atoms with Crippen molar-refractivity contribution in [2.45, 2.75) is 45.1 Å². The van der Waals surface area contributed by atoms with E-state index in [0.717, 1.165) is 4.90 Å². The largest absolute Gasteiger partial charge is 0.462 e. The summed E-state index contributed by atoms with van der Waals surface area (Å²) in [4.78, 5) is 38.7. The molecule has 1 heterocycles. The summed E-state index contributed by atoms with van der Waals surface area (Å²) in [6.07, 6.45) is -0.0789. The number of benzene rings is 2. The smallest absolute Gasteiger partial charge is 0.338 e. The molecule has 0 saturated carbocycles. The molecule has 1 aliphatic heterocycles. The maximum Gasteiger partial charge on any atom is 0.338 e. The van der Waals surface area contributed by atoms with E-state index in [0.29, 0.717) is 35.6 Å². The van der Waals surface area contributed by atoms with Crippen LogP contribution in [0.1, 0.15) is 43.1 Å². The molecule has 3 rings (SSSR count). The van der Waals surface area contributed by atoms with Crippen LogP contribution < -0.4 is 10.2 Å². The first-order chi connectivity index (χ1) is 16.1. The van der Waals surface area contributed by atoms with E-state index in [1.807, 2.05) is 0 Å². The monoisotopic (exact) mass is 487 g/mol. The molecule has 1 fully saturated rings. The van der Waals surface area contributed by atoms with Gasteiger partial charge < -0.3 is 10.1 Å². The molecular formula is C24H29N3O6S. The van der Waals surface area contributed by atoms with Gasteiger partial charge in [-0.15, -0.1) is 0 Å². The van der Waals surface area contributed by atoms with Crippen LogP contribution in [0.15, 0.2) is 47.4 Å². The van der Waals surface area contributed by atoms with Gasteiger partial charge in [0.05, 0.1) is 29.2 Å². The van der Waals surface area contributed by atoms with Gasteiger partial charge in [-0.2, -0.15) is 4.31 Å². The lowest BCUT2D eigenvalue weighted by atomic mass is 10.2. The van der Waals surface area contributed by atoms with Gasteiger partial charge in [0, 0.05) is 18.8 Å². The maximum atomic E-state index is 13.0. The average molecular weight is 488 g/mol. The van der Waals surface area contributed by atoms with Gasteiger partial charge in [0.15, 0.2) is 0 Å². The van der Waals surface area contributed by atoms with Gasteiger partial charge in [-0.05, 0) is 55.8 Å². The Morgan fingerprint density at radius 3 is 2.32 bits per heavy atom. The highest BCUT2D eigenvalue weighted by molar-refractivity contribution is 7.89. The molecule has 0 bridgehead atoms. The van der Waals surface area contributed by atoms with E-state index < -0.39 is 33.8 Å². The van der Waals surface area contributed by atoms with E-state index in [9.17, 15) is 22.8 Å². The first-order valence-corrected chi connectivity index (χ1v) is 12.6. The lowest BCUT2D eigenvalue weighted by molar-refractivity contribution is -0.121. The van der Waals surface area contributed by atoms with E-state index in [4.69, 9.17) is 4.74 Å². The second-order valence-corrected chi connectivity index (χ2v) is 9.71. The van der Waals surface area contributed by atoms with E-state index in [-0.39, 0.29) is 17.9 Å². The number of anilines is 2. The van der Waals surface area contributed by atoms with Gasteiger partial charge in [0.25, 0.3) is 5.91 Å². The molecule has 2 aromatic rings. The highest BCUT2D eigenvalue weighted by Gasteiger charge is 2.39. The lowest BCUT2D eigenvalue weighted by Gasteiger charge is -2.21. The van der Waals surface area contributed by atoms with Crippen molar-refractivity contribution in [2.75, 3.05) is 29.9 Å². The molecule has 34 heavy (non-hydrogen) atoms. The number of amides is 2. The number of esters is 1. The summed E-state index contributed by atoms with van der Waals surface area (Å²) in [5.41, 5.74) is 1.69. The van der Waals surface area contributed by atoms with E-state index in [1.165, 1.54) is 34.6 Å². The predicted molar refractivity (Wildman–Crippen MR) is 128 cm³/mol. The van der Waals surface area contributed by atoms with Gasteiger partial charge in [0.2, 0.25) is 15.9 Å². The number of nitrogens with zero attached hydrogens (tertiary/aromatic N) is 2. The highest BCUT2D eigenvalue weighted by Crippen LogP contribution is 2.28. The highest BCUT2D eigenvalue weighted by atomic mass is 32.2. The van der Waals surface area contributed by atoms with Crippen LogP contribution >= 0.6 is 0 Å². The molecule has 2 amide bonds. The molecule has 1 aliphatic rings. The van der Waals surface area contributed by atoms with Crippen LogP contribution in [0.25, 0.3) is 0 Å². The topological polar surface area (TPSA) is 113 Å². The summed E-state index contributed by atoms with van der Waals surface area (Å²) in [5.74, 6) is -1.33. The molecule has 0 aromatic heterocycles. The molecule has 0 unspecified atom stereocenters. The summed E-state index contributed by atoms with van der Waals surface area (Å²) < 4.78 is 32.3. The zero-order valence-electron chi connectivity index (χ0n) is 19.7. The van der Waals surface area contributed by atoms with Crippen molar-refractivity contribution in [3.8, 4) is 0 Å². The van der Waals surface area contributed by atoms with Gasteiger partial charge in [-0.3, -0.25) is 9.59 Å². The number of carbonyl (C=O) groups excluding carboxylic acids is 3. The minimum atomic E-state index is -3.69. The molecule has 0 aliphatic carbocycles. The first-order valence-electron chi connectivity index (χ1n) is 11.1. The van der Waals surface area contributed by atoms with E-state index in [2.05, 4.69) is 5.32 Å². The normalized spacial score (nSPS) is 16.3. The van der Waals surface area contributed by atoms with Crippen molar-refractivity contribution in [3.05, 3.63) is 53.6 Å². The van der Waals surface area contributed by atoms with Gasteiger partial charge >= 0.3 is 5.97 Å². The second-order valence-electron chi connectivity index (χ2n) is 7.81. The van der Waals surface area contributed by atoms with Crippen molar-refractivity contribution in [2.24, 2.45) is 0 Å². The van der Waals surface area contributed by atoms with Crippen LogP contribution in [-0.2, 0) is 24.3 Å². The average Bonchev–Trinajstić information content (AvgIpc) is 3.08. The van der Waals surface area contributed by atoms with E-state index >= 15 is 0 Å². The van der Waals surface area contributed by atoms with Crippen molar-refractivity contribution in [3.63, 3.8) is 0 Å². The minimum Gasteiger partial charge on any atom is -0.462 e. The number of sulfonamides is 1. The molecular weight excluding hydrogens is 458 g/mol. The number of hydrogen-bond donors (Lipinski definition) is 1. The molecule has 10 heteroatoms. The number of carbonyl (C=O) groups is 3. The third kappa shape index (κ3) is 4.97. The Labute approximate surface area is 199 Å². The molecule has 1 atom stereocenters. The van der Waals surface area contributed by atoms with Gasteiger partial charge in [-0.1, -0.05) is 19.9 Å². The van der Waals surface area contributed by atoms with Crippen molar-refractivity contribution >= 4 is 39.2 Å².